The molecule has 0 atom stereocenters. The standard InChI is InChI=1S/C16H21FN6O/c17-13-7-3-2-6-12(13)8-9-18-14-19-15(22-24)21-16(20-14)23-10-4-1-5-11-23/h2-3,6-7,24H,1,4-5,8-11H2,(H2,18,19,20,21,22). The van der Waals surface area contributed by atoms with Gasteiger partial charge in [-0.1, -0.05) is 18.2 Å². The predicted molar refractivity (Wildman–Crippen MR) is 89.9 cm³/mol. The Labute approximate surface area is 139 Å². The van der Waals surface area contributed by atoms with Gasteiger partial charge in [-0.25, -0.2) is 9.87 Å². The number of halogens is 1. The third kappa shape index (κ3) is 4.08. The largest absolute Gasteiger partial charge is 0.354 e. The fourth-order valence-electron chi connectivity index (χ4n) is 2.74. The van der Waals surface area contributed by atoms with Crippen molar-refractivity contribution in [2.45, 2.75) is 25.7 Å². The van der Waals surface area contributed by atoms with Crippen molar-refractivity contribution < 1.29 is 9.60 Å². The lowest BCUT2D eigenvalue weighted by Crippen LogP contribution is -2.31. The Morgan fingerprint density at radius 3 is 2.54 bits per heavy atom. The van der Waals surface area contributed by atoms with Gasteiger partial charge in [0.2, 0.25) is 11.9 Å². The molecule has 3 N–H and O–H groups in total. The van der Waals surface area contributed by atoms with Gasteiger partial charge in [-0.15, -0.1) is 0 Å². The van der Waals surface area contributed by atoms with E-state index in [1.165, 1.54) is 12.5 Å². The average molecular weight is 332 g/mol. The molecular weight excluding hydrogens is 311 g/mol. The normalized spacial score (nSPS) is 14.5. The van der Waals surface area contributed by atoms with Gasteiger partial charge >= 0.3 is 0 Å². The molecule has 0 unspecified atom stereocenters. The van der Waals surface area contributed by atoms with E-state index in [2.05, 4.69) is 25.2 Å². The zero-order chi connectivity index (χ0) is 16.8. The highest BCUT2D eigenvalue weighted by Crippen LogP contribution is 2.18. The van der Waals surface area contributed by atoms with Crippen LogP contribution in [0.25, 0.3) is 0 Å². The molecule has 8 heteroatoms. The molecule has 0 amide bonds. The van der Waals surface area contributed by atoms with E-state index in [4.69, 9.17) is 5.21 Å². The number of hydrogen-bond acceptors (Lipinski definition) is 7. The Kier molecular flexibility index (Phi) is 5.37. The molecule has 0 bridgehead atoms. The maximum absolute atomic E-state index is 13.6. The Morgan fingerprint density at radius 1 is 1.04 bits per heavy atom. The Hall–Kier alpha value is -2.48. The summed E-state index contributed by atoms with van der Waals surface area (Å²) >= 11 is 0. The van der Waals surface area contributed by atoms with Crippen molar-refractivity contribution in [3.05, 3.63) is 35.6 Å². The molecule has 128 valence electrons. The number of piperidine rings is 1. The lowest BCUT2D eigenvalue weighted by Gasteiger charge is -2.26. The van der Waals surface area contributed by atoms with Crippen LogP contribution in [0.2, 0.25) is 0 Å². The molecule has 0 saturated carbocycles. The van der Waals surface area contributed by atoms with Crippen molar-refractivity contribution in [1.82, 2.24) is 15.0 Å². The van der Waals surface area contributed by atoms with Gasteiger partial charge in [-0.3, -0.25) is 5.21 Å². The van der Waals surface area contributed by atoms with Crippen molar-refractivity contribution in [3.8, 4) is 0 Å². The fraction of sp³-hybridized carbons (Fsp3) is 0.438. The maximum atomic E-state index is 13.6. The summed E-state index contributed by atoms with van der Waals surface area (Å²) in [4.78, 5) is 14.8. The van der Waals surface area contributed by atoms with Crippen LogP contribution in [0.5, 0.6) is 0 Å². The van der Waals surface area contributed by atoms with Gasteiger partial charge in [0.25, 0.3) is 5.95 Å². The van der Waals surface area contributed by atoms with Crippen molar-refractivity contribution in [2.75, 3.05) is 35.3 Å². The lowest BCUT2D eigenvalue weighted by molar-refractivity contribution is 0.382. The molecule has 1 fully saturated rings. The smallest absolute Gasteiger partial charge is 0.253 e. The summed E-state index contributed by atoms with van der Waals surface area (Å²) in [6.07, 6.45) is 3.92. The lowest BCUT2D eigenvalue weighted by atomic mass is 10.1. The van der Waals surface area contributed by atoms with Gasteiger partial charge in [0, 0.05) is 19.6 Å². The summed E-state index contributed by atoms with van der Waals surface area (Å²) in [5.41, 5.74) is 2.61. The minimum Gasteiger partial charge on any atom is -0.354 e. The minimum absolute atomic E-state index is 0.0963. The van der Waals surface area contributed by atoms with E-state index in [-0.39, 0.29) is 11.8 Å². The van der Waals surface area contributed by atoms with Gasteiger partial charge in [0.15, 0.2) is 0 Å². The highest BCUT2D eigenvalue weighted by Gasteiger charge is 2.16. The van der Waals surface area contributed by atoms with Gasteiger partial charge in [0.1, 0.15) is 5.82 Å². The first-order chi connectivity index (χ1) is 11.8. The molecule has 0 spiro atoms. The Bertz CT molecular complexity index is 677. The topological polar surface area (TPSA) is 86.2 Å². The van der Waals surface area contributed by atoms with E-state index in [1.807, 2.05) is 11.5 Å². The van der Waals surface area contributed by atoms with E-state index in [9.17, 15) is 4.39 Å². The quantitative estimate of drug-likeness (QED) is 0.701. The monoisotopic (exact) mass is 332 g/mol. The Morgan fingerprint density at radius 2 is 1.79 bits per heavy atom. The van der Waals surface area contributed by atoms with Crippen molar-refractivity contribution in [3.63, 3.8) is 0 Å². The van der Waals surface area contributed by atoms with Crippen LogP contribution in [0, 0.1) is 5.82 Å². The number of rotatable bonds is 6. The molecule has 0 radical (unpaired) electrons. The van der Waals surface area contributed by atoms with Crippen LogP contribution in [0.3, 0.4) is 0 Å². The predicted octanol–water partition coefficient (Wildman–Crippen LogP) is 2.46. The van der Waals surface area contributed by atoms with Gasteiger partial charge in [-0.05, 0) is 37.3 Å². The summed E-state index contributed by atoms with van der Waals surface area (Å²) < 4.78 is 13.6. The summed E-state index contributed by atoms with van der Waals surface area (Å²) in [6, 6.07) is 6.68. The molecular formula is C16H21FN6O. The third-order valence-electron chi connectivity index (χ3n) is 4.00. The molecule has 1 aliphatic heterocycles. The van der Waals surface area contributed by atoms with E-state index in [0.29, 0.717) is 30.4 Å². The van der Waals surface area contributed by atoms with Crippen LogP contribution in [-0.4, -0.2) is 39.8 Å². The summed E-state index contributed by atoms with van der Waals surface area (Å²) in [5, 5.41) is 12.2. The van der Waals surface area contributed by atoms with Crippen LogP contribution in [0.4, 0.5) is 22.2 Å². The highest BCUT2D eigenvalue weighted by atomic mass is 19.1. The summed E-state index contributed by atoms with van der Waals surface area (Å²) in [6.45, 7) is 2.27. The van der Waals surface area contributed by atoms with Gasteiger partial charge < -0.3 is 10.2 Å². The number of benzene rings is 1. The number of aromatic nitrogens is 3. The van der Waals surface area contributed by atoms with Gasteiger partial charge in [-0.2, -0.15) is 15.0 Å². The van der Waals surface area contributed by atoms with Crippen LogP contribution in [0.15, 0.2) is 24.3 Å². The molecule has 1 aromatic heterocycles. The second-order valence-electron chi connectivity index (χ2n) is 5.71. The first-order valence-electron chi connectivity index (χ1n) is 8.14. The first kappa shape index (κ1) is 16.4. The summed E-state index contributed by atoms with van der Waals surface area (Å²) in [5.74, 6) is 0.772. The molecule has 3 rings (SSSR count). The van der Waals surface area contributed by atoms with E-state index < -0.39 is 0 Å². The molecule has 1 aliphatic rings. The highest BCUT2D eigenvalue weighted by molar-refractivity contribution is 5.43. The van der Waals surface area contributed by atoms with Gasteiger partial charge in [0.05, 0.1) is 0 Å². The first-order valence-corrected chi connectivity index (χ1v) is 8.14. The van der Waals surface area contributed by atoms with E-state index in [1.54, 1.807) is 12.1 Å². The molecule has 2 heterocycles. The zero-order valence-electron chi connectivity index (χ0n) is 13.4. The molecule has 2 aromatic rings. The summed E-state index contributed by atoms with van der Waals surface area (Å²) in [7, 11) is 0. The number of nitrogens with zero attached hydrogens (tertiary/aromatic N) is 4. The number of hydrogen-bond donors (Lipinski definition) is 3. The van der Waals surface area contributed by atoms with Crippen LogP contribution >= 0.6 is 0 Å². The van der Waals surface area contributed by atoms with E-state index >= 15 is 0 Å². The van der Waals surface area contributed by atoms with Crippen molar-refractivity contribution >= 4 is 17.8 Å². The minimum atomic E-state index is -0.221. The maximum Gasteiger partial charge on any atom is 0.253 e. The number of anilines is 3. The molecule has 1 saturated heterocycles. The molecule has 0 aliphatic carbocycles. The third-order valence-corrected chi connectivity index (χ3v) is 4.00. The second kappa shape index (κ2) is 7.87. The van der Waals surface area contributed by atoms with Crippen LogP contribution in [-0.2, 0) is 6.42 Å². The SMILES string of the molecule is ONc1nc(NCCc2ccccc2F)nc(N2CCCCC2)n1. The number of nitrogens with one attached hydrogen (secondary N) is 2. The van der Waals surface area contributed by atoms with Crippen molar-refractivity contribution in [1.29, 1.82) is 0 Å². The van der Waals surface area contributed by atoms with Crippen LogP contribution in [0.1, 0.15) is 24.8 Å². The second-order valence-corrected chi connectivity index (χ2v) is 5.71. The Balaban J connectivity index is 1.67. The fourth-order valence-corrected chi connectivity index (χ4v) is 2.74. The average Bonchev–Trinajstić information content (AvgIpc) is 2.64. The van der Waals surface area contributed by atoms with Crippen LogP contribution < -0.4 is 15.7 Å². The zero-order valence-corrected chi connectivity index (χ0v) is 13.4. The van der Waals surface area contributed by atoms with E-state index in [0.717, 1.165) is 25.9 Å². The molecule has 24 heavy (non-hydrogen) atoms. The van der Waals surface area contributed by atoms with Crippen molar-refractivity contribution in [2.24, 2.45) is 0 Å². The molecule has 1 aromatic carbocycles. The molecule has 7 nitrogen and oxygen atoms in total.